The van der Waals surface area contributed by atoms with Crippen LogP contribution in [0.25, 0.3) is 0 Å². The van der Waals surface area contributed by atoms with E-state index in [1.54, 1.807) is 6.92 Å². The van der Waals surface area contributed by atoms with Crippen LogP contribution in [-0.4, -0.2) is 29.2 Å². The summed E-state index contributed by atoms with van der Waals surface area (Å²) in [5.74, 6) is 0. The fourth-order valence-corrected chi connectivity index (χ4v) is 1.37. The molecule has 0 spiro atoms. The summed E-state index contributed by atoms with van der Waals surface area (Å²) in [6.07, 6.45) is 0.261. The molecule has 0 saturated carbocycles. The molecule has 0 aromatic heterocycles. The molecule has 0 aromatic rings. The van der Waals surface area contributed by atoms with E-state index < -0.39 is 15.4 Å². The fraction of sp³-hybridized carbons (Fsp3) is 0.800. The monoisotopic (exact) mass is 252 g/mol. The van der Waals surface area contributed by atoms with E-state index >= 15 is 0 Å². The first-order chi connectivity index (χ1) is 5.38. The molecule has 72 valence electrons. The van der Waals surface area contributed by atoms with Crippen molar-refractivity contribution in [2.24, 2.45) is 0 Å². The van der Waals surface area contributed by atoms with Gasteiger partial charge in [0.25, 0.3) is 10.1 Å². The maximum Gasteiger partial charge on any atom is 1.00 e. The number of thiocarbonyl (C=S) groups is 1. The van der Waals surface area contributed by atoms with Crippen LogP contribution in [0, 0.1) is 0 Å². The Labute approximate surface area is 111 Å². The van der Waals surface area contributed by atoms with Crippen molar-refractivity contribution >= 4 is 39.3 Å². The van der Waals surface area contributed by atoms with E-state index in [0.29, 0.717) is 0 Å². The maximum absolute atomic E-state index is 10.6. The van der Waals surface area contributed by atoms with Gasteiger partial charge in [0, 0.05) is 4.38 Å². The molecular weight excluding hydrogens is 243 g/mol. The van der Waals surface area contributed by atoms with Crippen molar-refractivity contribution in [3.05, 3.63) is 0 Å². The van der Waals surface area contributed by atoms with Crippen LogP contribution < -0.4 is 29.6 Å². The second-order valence-electron chi connectivity index (χ2n) is 2.11. The van der Waals surface area contributed by atoms with E-state index in [2.05, 4.69) is 29.6 Å². The third-order valence-electron chi connectivity index (χ3n) is 1.26. The van der Waals surface area contributed by atoms with Crippen LogP contribution in [0.15, 0.2) is 0 Å². The van der Waals surface area contributed by atoms with E-state index in [9.17, 15) is 8.42 Å². The normalized spacial score (nSPS) is 12.8. The Hall–Kier alpha value is 1.02. The summed E-state index contributed by atoms with van der Waals surface area (Å²) in [6.45, 7) is 1.44. The Balaban J connectivity index is 0. The summed E-state index contributed by atoms with van der Waals surface area (Å²) in [5.41, 5.74) is 0. The van der Waals surface area contributed by atoms with Crippen LogP contribution in [-0.2, 0) is 27.5 Å². The molecule has 1 unspecified atom stereocenters. The molecule has 0 aliphatic heterocycles. The van der Waals surface area contributed by atoms with Gasteiger partial charge in [-0.1, -0.05) is 6.92 Å². The number of rotatable bonds is 4. The van der Waals surface area contributed by atoms with Gasteiger partial charge in [-0.25, -0.2) is 0 Å². The minimum absolute atomic E-state index is 0. The topological polar surface area (TPSA) is 63.6 Å². The van der Waals surface area contributed by atoms with Gasteiger partial charge in [0.05, 0.1) is 0 Å². The first-order valence-electron chi connectivity index (χ1n) is 3.18. The summed E-state index contributed by atoms with van der Waals surface area (Å²) in [4.78, 5) is 0. The van der Waals surface area contributed by atoms with Gasteiger partial charge in [-0.3, -0.25) is 4.55 Å². The minimum Gasteiger partial charge on any atom is -0.512 e. The third-order valence-corrected chi connectivity index (χ3v) is 2.81. The zero-order valence-corrected chi connectivity index (χ0v) is 11.8. The van der Waals surface area contributed by atoms with Crippen molar-refractivity contribution in [1.82, 2.24) is 0 Å². The molecule has 0 bridgehead atoms. The van der Waals surface area contributed by atoms with E-state index in [0.717, 1.165) is 0 Å². The molecule has 0 fully saturated rings. The van der Waals surface area contributed by atoms with Gasteiger partial charge in [-0.05, 0) is 6.42 Å². The Bertz CT molecular complexity index is 251. The molecule has 13 heavy (non-hydrogen) atoms. The Morgan fingerprint density at radius 1 is 1.69 bits per heavy atom. The van der Waals surface area contributed by atoms with Gasteiger partial charge in [-0.15, -0.1) is 0 Å². The van der Waals surface area contributed by atoms with Crippen molar-refractivity contribution in [3.8, 4) is 0 Å². The number of hydrogen-bond donors (Lipinski definition) is 1. The van der Waals surface area contributed by atoms with Crippen LogP contribution in [0.1, 0.15) is 13.3 Å². The summed E-state index contributed by atoms with van der Waals surface area (Å²) in [6, 6.07) is 0. The molecule has 1 atom stereocenters. The molecule has 0 radical (unpaired) electrons. The quantitative estimate of drug-likeness (QED) is 0.258. The van der Waals surface area contributed by atoms with Crippen LogP contribution in [0.3, 0.4) is 0 Å². The Morgan fingerprint density at radius 3 is 2.38 bits per heavy atom. The van der Waals surface area contributed by atoms with Crippen LogP contribution in [0.2, 0.25) is 0 Å². The van der Waals surface area contributed by atoms with Gasteiger partial charge in [0.2, 0.25) is 0 Å². The van der Waals surface area contributed by atoms with Gasteiger partial charge >= 0.3 is 29.6 Å². The standard InChI is InChI=1S/C5H10O4S3.Na/c1-2-4(12(6,7)8)3-9-5(10)11;/h4H,2-3H2,1H3,(H,10,11)(H,6,7,8);/q;+1/p-1. The van der Waals surface area contributed by atoms with Crippen molar-refractivity contribution in [3.63, 3.8) is 0 Å². The zero-order valence-electron chi connectivity index (χ0n) is 7.39. The summed E-state index contributed by atoms with van der Waals surface area (Å²) in [5, 5.41) is -0.946. The van der Waals surface area contributed by atoms with E-state index in [4.69, 9.17) is 4.55 Å². The predicted molar refractivity (Wildman–Crippen MR) is 51.5 cm³/mol. The van der Waals surface area contributed by atoms with Gasteiger partial charge < -0.3 is 29.6 Å². The largest absolute Gasteiger partial charge is 1.00 e. The molecule has 0 aliphatic rings. The summed E-state index contributed by atoms with van der Waals surface area (Å²) >= 11 is 8.80. The van der Waals surface area contributed by atoms with Crippen LogP contribution in [0.4, 0.5) is 0 Å². The number of hydrogen-bond acceptors (Lipinski definition) is 5. The van der Waals surface area contributed by atoms with Crippen LogP contribution in [0.5, 0.6) is 0 Å². The zero-order chi connectivity index (χ0) is 9.78. The smallest absolute Gasteiger partial charge is 0.512 e. The average Bonchev–Trinajstić information content (AvgIpc) is 1.85. The van der Waals surface area contributed by atoms with Crippen molar-refractivity contribution in [1.29, 1.82) is 0 Å². The molecule has 0 rings (SSSR count). The molecule has 4 nitrogen and oxygen atoms in total. The second-order valence-corrected chi connectivity index (χ2v) is 4.80. The molecular formula is C5H9NaO4S3. The van der Waals surface area contributed by atoms with Crippen molar-refractivity contribution in [2.45, 2.75) is 18.6 Å². The minimum atomic E-state index is -4.04. The maximum atomic E-state index is 10.6. The van der Waals surface area contributed by atoms with Crippen molar-refractivity contribution in [2.75, 3.05) is 6.61 Å². The first-order valence-corrected chi connectivity index (χ1v) is 5.50. The molecule has 0 heterocycles. The molecule has 1 N–H and O–H groups in total. The van der Waals surface area contributed by atoms with Gasteiger partial charge in [0.15, 0.2) is 0 Å². The van der Waals surface area contributed by atoms with Crippen molar-refractivity contribution < 1.29 is 47.3 Å². The fourth-order valence-electron chi connectivity index (χ4n) is 0.575. The molecule has 0 aromatic carbocycles. The van der Waals surface area contributed by atoms with Gasteiger partial charge in [-0.2, -0.15) is 8.42 Å². The molecule has 0 aliphatic carbocycles. The number of ether oxygens (including phenoxy) is 1. The second kappa shape index (κ2) is 7.33. The van der Waals surface area contributed by atoms with E-state index in [1.807, 2.05) is 0 Å². The SMILES string of the molecule is CCC(COC(=S)[S-])S(=O)(=O)O.[Na+]. The van der Waals surface area contributed by atoms with Crippen LogP contribution >= 0.6 is 12.2 Å². The Kier molecular flexibility index (Phi) is 9.27. The first kappa shape index (κ1) is 16.4. The van der Waals surface area contributed by atoms with Gasteiger partial charge in [0.1, 0.15) is 11.9 Å². The molecule has 8 heteroatoms. The molecule has 0 saturated heterocycles. The Morgan fingerprint density at radius 2 is 2.15 bits per heavy atom. The van der Waals surface area contributed by atoms with E-state index in [1.165, 1.54) is 0 Å². The molecule has 0 amide bonds. The third kappa shape index (κ3) is 8.04. The average molecular weight is 252 g/mol. The summed E-state index contributed by atoms with van der Waals surface area (Å²) in [7, 11) is -4.04. The summed E-state index contributed by atoms with van der Waals surface area (Å²) < 4.78 is 34.2. The predicted octanol–water partition coefficient (Wildman–Crippen LogP) is -2.49. The van der Waals surface area contributed by atoms with E-state index in [-0.39, 0.29) is 47.0 Å².